The van der Waals surface area contributed by atoms with E-state index in [0.717, 1.165) is 11.5 Å². The van der Waals surface area contributed by atoms with Crippen molar-refractivity contribution >= 4 is 38.3 Å². The Labute approximate surface area is 211 Å². The summed E-state index contributed by atoms with van der Waals surface area (Å²) in [5.74, 6) is -0.0515. The van der Waals surface area contributed by atoms with Crippen molar-refractivity contribution in [2.75, 3.05) is 45.3 Å². The van der Waals surface area contributed by atoms with Gasteiger partial charge in [-0.2, -0.15) is 8.68 Å². The summed E-state index contributed by atoms with van der Waals surface area (Å²) in [4.78, 5) is 29.1. The number of aromatic nitrogens is 2. The van der Waals surface area contributed by atoms with E-state index in [9.17, 15) is 23.3 Å². The van der Waals surface area contributed by atoms with Gasteiger partial charge in [-0.1, -0.05) is 18.2 Å². The number of carbonyl (C=O) groups is 1. The lowest BCUT2D eigenvalue weighted by atomic mass is 10.1. The molecule has 0 aliphatic carbocycles. The molecule has 0 unspecified atom stereocenters. The van der Waals surface area contributed by atoms with Crippen LogP contribution < -0.4 is 9.64 Å². The fraction of sp³-hybridized carbons (Fsp3) is 0.318. The number of benzene rings is 2. The van der Waals surface area contributed by atoms with Crippen molar-refractivity contribution in [3.63, 3.8) is 0 Å². The number of nitrogens with zero attached hydrogens (tertiary/aromatic N) is 5. The highest BCUT2D eigenvalue weighted by Crippen LogP contribution is 2.30. The van der Waals surface area contributed by atoms with Gasteiger partial charge in [0.1, 0.15) is 16.5 Å². The molecule has 0 N–H and O–H groups in total. The summed E-state index contributed by atoms with van der Waals surface area (Å²) in [6, 6.07) is 10.6. The van der Waals surface area contributed by atoms with E-state index in [1.165, 1.54) is 42.8 Å². The maximum absolute atomic E-state index is 13.4. The highest BCUT2D eigenvalue weighted by Gasteiger charge is 2.32. The number of hydrogen-bond acceptors (Lipinski definition) is 11. The maximum atomic E-state index is 13.4. The third kappa shape index (κ3) is 5.15. The summed E-state index contributed by atoms with van der Waals surface area (Å²) in [5.41, 5.74) is 0.640. The van der Waals surface area contributed by atoms with Crippen LogP contribution in [-0.4, -0.2) is 73.4 Å². The molecule has 4 rings (SSSR count). The Balaban J connectivity index is 1.47. The second kappa shape index (κ2) is 10.6. The largest absolute Gasteiger partial charge is 0.495 e. The molecule has 0 spiro atoms. The van der Waals surface area contributed by atoms with Gasteiger partial charge in [-0.25, -0.2) is 18.2 Å². The normalized spacial score (nSPS) is 14.4. The van der Waals surface area contributed by atoms with Crippen LogP contribution >= 0.6 is 11.5 Å². The predicted octanol–water partition coefficient (Wildman–Crippen LogP) is 2.34. The number of sulfonamides is 1. The zero-order chi connectivity index (χ0) is 25.9. The van der Waals surface area contributed by atoms with Gasteiger partial charge in [0.05, 0.1) is 24.7 Å². The molecule has 0 bridgehead atoms. The van der Waals surface area contributed by atoms with Crippen LogP contribution in [0, 0.1) is 10.1 Å². The van der Waals surface area contributed by atoms with E-state index in [0.29, 0.717) is 29.6 Å². The fourth-order valence-electron chi connectivity index (χ4n) is 3.84. The van der Waals surface area contributed by atoms with Crippen molar-refractivity contribution < 1.29 is 27.6 Å². The van der Waals surface area contributed by atoms with Crippen LogP contribution in [0.2, 0.25) is 0 Å². The van der Waals surface area contributed by atoms with E-state index in [4.69, 9.17) is 9.47 Å². The molecule has 1 fully saturated rings. The molecule has 2 aromatic carbocycles. The Hall–Kier alpha value is -3.62. The van der Waals surface area contributed by atoms with Crippen LogP contribution in [0.4, 0.5) is 10.8 Å². The maximum Gasteiger partial charge on any atom is 0.337 e. The molecule has 0 saturated carbocycles. The highest BCUT2D eigenvalue weighted by molar-refractivity contribution is 7.89. The molecule has 0 radical (unpaired) electrons. The molecule has 1 aliphatic rings. The lowest BCUT2D eigenvalue weighted by Crippen LogP contribution is -2.48. The van der Waals surface area contributed by atoms with Gasteiger partial charge in [0.2, 0.25) is 15.2 Å². The first kappa shape index (κ1) is 25.5. The molecule has 2 heterocycles. The number of carbonyl (C=O) groups excluding carboxylic acids is 1. The number of ether oxygens (including phenoxy) is 2. The standard InChI is InChI=1S/C22H23N5O7S2/c1-33-18-8-7-16(21(28)34-2)13-19(18)36(31,32)26-11-9-25(10-12-26)22-23-20(24-35-22)14-15-5-3-4-6-17(15)27(29)30/h3-8,13H,9-12,14H2,1-2H3. The Morgan fingerprint density at radius 2 is 1.86 bits per heavy atom. The van der Waals surface area contributed by atoms with Gasteiger partial charge in [-0.05, 0) is 18.2 Å². The smallest absolute Gasteiger partial charge is 0.337 e. The first-order valence-corrected chi connectivity index (χ1v) is 13.0. The predicted molar refractivity (Wildman–Crippen MR) is 131 cm³/mol. The monoisotopic (exact) mass is 533 g/mol. The lowest BCUT2D eigenvalue weighted by Gasteiger charge is -2.33. The van der Waals surface area contributed by atoms with Crippen LogP contribution in [0.1, 0.15) is 21.7 Å². The number of esters is 1. The Morgan fingerprint density at radius 3 is 2.53 bits per heavy atom. The average molecular weight is 534 g/mol. The van der Waals surface area contributed by atoms with E-state index < -0.39 is 20.9 Å². The number of methoxy groups -OCH3 is 2. The van der Waals surface area contributed by atoms with Crippen molar-refractivity contribution in [1.29, 1.82) is 0 Å². The molecule has 3 aromatic rings. The Bertz CT molecular complexity index is 1380. The van der Waals surface area contributed by atoms with Gasteiger partial charge in [-0.3, -0.25) is 10.1 Å². The molecule has 1 aromatic heterocycles. The van der Waals surface area contributed by atoms with Crippen molar-refractivity contribution in [3.05, 3.63) is 69.5 Å². The van der Waals surface area contributed by atoms with Crippen molar-refractivity contribution in [1.82, 2.24) is 13.7 Å². The van der Waals surface area contributed by atoms with Gasteiger partial charge >= 0.3 is 5.97 Å². The van der Waals surface area contributed by atoms with E-state index in [-0.39, 0.29) is 41.4 Å². The summed E-state index contributed by atoms with van der Waals surface area (Å²) < 4.78 is 42.3. The molecular weight excluding hydrogens is 510 g/mol. The second-order valence-corrected chi connectivity index (χ2v) is 10.4. The first-order chi connectivity index (χ1) is 17.2. The minimum Gasteiger partial charge on any atom is -0.495 e. The molecule has 0 amide bonds. The zero-order valence-electron chi connectivity index (χ0n) is 19.5. The number of nitro benzene ring substituents is 1. The molecule has 190 valence electrons. The second-order valence-electron chi connectivity index (χ2n) is 7.80. The van der Waals surface area contributed by atoms with Crippen LogP contribution in [-0.2, 0) is 21.2 Å². The number of para-hydroxylation sites is 1. The Morgan fingerprint density at radius 1 is 1.14 bits per heavy atom. The van der Waals surface area contributed by atoms with Gasteiger partial charge in [0.15, 0.2) is 0 Å². The summed E-state index contributed by atoms with van der Waals surface area (Å²) in [7, 11) is -1.36. The lowest BCUT2D eigenvalue weighted by molar-refractivity contribution is -0.385. The van der Waals surface area contributed by atoms with Gasteiger partial charge in [0.25, 0.3) is 5.69 Å². The molecule has 14 heteroatoms. The molecular formula is C22H23N5O7S2. The molecule has 0 atom stereocenters. The van der Waals surface area contributed by atoms with E-state index in [2.05, 4.69) is 9.36 Å². The Kier molecular flexibility index (Phi) is 7.47. The van der Waals surface area contributed by atoms with Crippen molar-refractivity contribution in [3.8, 4) is 5.75 Å². The quantitative estimate of drug-likeness (QED) is 0.240. The zero-order valence-corrected chi connectivity index (χ0v) is 21.1. The number of rotatable bonds is 8. The summed E-state index contributed by atoms with van der Waals surface area (Å²) in [6.45, 7) is 1.12. The van der Waals surface area contributed by atoms with Crippen molar-refractivity contribution in [2.45, 2.75) is 11.3 Å². The minimum absolute atomic E-state index is 0.0133. The molecule has 36 heavy (non-hydrogen) atoms. The number of hydrogen-bond donors (Lipinski definition) is 0. The van der Waals surface area contributed by atoms with E-state index in [1.54, 1.807) is 18.2 Å². The SMILES string of the molecule is COC(=O)c1ccc(OC)c(S(=O)(=O)N2CCN(c3nc(Cc4ccccc4[N+](=O)[O-])ns3)CC2)c1. The summed E-state index contributed by atoms with van der Waals surface area (Å²) in [6.07, 6.45) is 0.221. The van der Waals surface area contributed by atoms with E-state index >= 15 is 0 Å². The molecule has 1 saturated heterocycles. The number of nitro groups is 1. The average Bonchev–Trinajstić information content (AvgIpc) is 3.36. The fourth-order valence-corrected chi connectivity index (χ4v) is 6.18. The molecule has 1 aliphatic heterocycles. The van der Waals surface area contributed by atoms with Crippen LogP contribution in [0.3, 0.4) is 0 Å². The third-order valence-corrected chi connectivity index (χ3v) is 8.44. The van der Waals surface area contributed by atoms with Gasteiger partial charge in [0, 0.05) is 55.8 Å². The van der Waals surface area contributed by atoms with E-state index in [1.807, 2.05) is 4.90 Å². The summed E-state index contributed by atoms with van der Waals surface area (Å²) >= 11 is 1.16. The van der Waals surface area contributed by atoms with Crippen molar-refractivity contribution in [2.24, 2.45) is 0 Å². The number of piperazine rings is 1. The highest BCUT2D eigenvalue weighted by atomic mass is 32.2. The van der Waals surface area contributed by atoms with Crippen LogP contribution in [0.15, 0.2) is 47.4 Å². The number of anilines is 1. The summed E-state index contributed by atoms with van der Waals surface area (Å²) in [5, 5.41) is 11.9. The minimum atomic E-state index is -3.95. The van der Waals surface area contributed by atoms with Gasteiger partial charge < -0.3 is 14.4 Å². The topological polar surface area (TPSA) is 145 Å². The van der Waals surface area contributed by atoms with Crippen LogP contribution in [0.5, 0.6) is 5.75 Å². The molecule has 12 nitrogen and oxygen atoms in total. The van der Waals surface area contributed by atoms with Gasteiger partial charge in [-0.15, -0.1) is 0 Å². The first-order valence-electron chi connectivity index (χ1n) is 10.8. The van der Waals surface area contributed by atoms with Crippen LogP contribution in [0.25, 0.3) is 0 Å². The third-order valence-electron chi connectivity index (χ3n) is 5.71.